The first-order chi connectivity index (χ1) is 9.74. The number of nitrogens with one attached hydrogen (secondary N) is 1. The first kappa shape index (κ1) is 15.2. The van der Waals surface area contributed by atoms with Crippen LogP contribution in [0.5, 0.6) is 0 Å². The van der Waals surface area contributed by atoms with Gasteiger partial charge in [-0.25, -0.2) is 8.78 Å². The highest BCUT2D eigenvalue weighted by Gasteiger charge is 2.18. The number of halogens is 2. The molecular formula is C10H9F2N4O4P. The van der Waals surface area contributed by atoms with Crippen molar-refractivity contribution in [3.05, 3.63) is 41.7 Å². The molecule has 112 valence electrons. The monoisotopic (exact) mass is 318 g/mol. The number of nitrogens with zero attached hydrogens (tertiary/aromatic N) is 3. The minimum absolute atomic E-state index is 0.258. The van der Waals surface area contributed by atoms with Crippen LogP contribution in [0.1, 0.15) is 10.5 Å². The molecule has 0 saturated carbocycles. The van der Waals surface area contributed by atoms with Gasteiger partial charge in [-0.3, -0.25) is 9.36 Å². The maximum atomic E-state index is 13.4. The Bertz CT molecular complexity index is 730. The van der Waals surface area contributed by atoms with Crippen LogP contribution < -0.4 is 5.32 Å². The summed E-state index contributed by atoms with van der Waals surface area (Å²) < 4.78 is 36.8. The molecule has 0 saturated heterocycles. The van der Waals surface area contributed by atoms with Crippen molar-refractivity contribution in [1.82, 2.24) is 15.0 Å². The van der Waals surface area contributed by atoms with Crippen LogP contribution in [-0.4, -0.2) is 30.7 Å². The van der Waals surface area contributed by atoms with Crippen LogP contribution in [0, 0.1) is 11.6 Å². The molecule has 8 nitrogen and oxygen atoms in total. The zero-order valence-electron chi connectivity index (χ0n) is 10.3. The molecule has 0 aliphatic carbocycles. The number of amides is 1. The van der Waals surface area contributed by atoms with Gasteiger partial charge in [0, 0.05) is 6.07 Å². The summed E-state index contributed by atoms with van der Waals surface area (Å²) in [4.78, 5) is 29.9. The quantitative estimate of drug-likeness (QED) is 0.722. The van der Waals surface area contributed by atoms with Crippen LogP contribution in [0.2, 0.25) is 0 Å². The van der Waals surface area contributed by atoms with E-state index in [1.54, 1.807) is 0 Å². The molecule has 1 amide bonds. The van der Waals surface area contributed by atoms with Crippen molar-refractivity contribution in [2.45, 2.75) is 6.29 Å². The minimum Gasteiger partial charge on any atom is -0.323 e. The molecule has 11 heteroatoms. The van der Waals surface area contributed by atoms with E-state index in [-0.39, 0.29) is 11.4 Å². The molecule has 0 bridgehead atoms. The third-order valence-corrected chi connectivity index (χ3v) is 2.88. The van der Waals surface area contributed by atoms with E-state index >= 15 is 0 Å². The molecule has 0 radical (unpaired) electrons. The lowest BCUT2D eigenvalue weighted by Crippen LogP contribution is -2.14. The second-order valence-electron chi connectivity index (χ2n) is 3.99. The zero-order valence-corrected chi connectivity index (χ0v) is 11.2. The molecule has 2 aromatic rings. The Balaban J connectivity index is 2.12. The van der Waals surface area contributed by atoms with Gasteiger partial charge >= 0.3 is 7.60 Å². The van der Waals surface area contributed by atoms with Gasteiger partial charge in [-0.15, -0.1) is 5.10 Å². The predicted molar refractivity (Wildman–Crippen MR) is 66.4 cm³/mol. The summed E-state index contributed by atoms with van der Waals surface area (Å²) >= 11 is 0. The molecular weight excluding hydrogens is 309 g/mol. The van der Waals surface area contributed by atoms with E-state index in [1.165, 1.54) is 0 Å². The third-order valence-electron chi connectivity index (χ3n) is 2.26. The Morgan fingerprint density at radius 3 is 2.71 bits per heavy atom. The van der Waals surface area contributed by atoms with Gasteiger partial charge in [-0.2, -0.15) is 9.90 Å². The molecule has 0 fully saturated rings. The predicted octanol–water partition coefficient (Wildman–Crippen LogP) is 0.944. The molecule has 3 N–H and O–H groups in total. The average molecular weight is 318 g/mol. The molecule has 1 aromatic carbocycles. The summed E-state index contributed by atoms with van der Waals surface area (Å²) in [6.45, 7) is 0. The van der Waals surface area contributed by atoms with Crippen molar-refractivity contribution in [3.8, 4) is 0 Å². The highest BCUT2D eigenvalue weighted by molar-refractivity contribution is 7.50. The second kappa shape index (κ2) is 5.68. The van der Waals surface area contributed by atoms with E-state index in [9.17, 15) is 18.1 Å². The van der Waals surface area contributed by atoms with Crippen molar-refractivity contribution in [2.24, 2.45) is 0 Å². The van der Waals surface area contributed by atoms with Crippen LogP contribution in [0.4, 0.5) is 14.5 Å². The van der Waals surface area contributed by atoms with Gasteiger partial charge in [0.25, 0.3) is 5.91 Å². The van der Waals surface area contributed by atoms with E-state index in [0.29, 0.717) is 10.9 Å². The smallest absolute Gasteiger partial charge is 0.323 e. The SMILES string of the molecule is O=C(Nc1ccc(F)cc1F)c1cnn(CP(=O)(O)O)n1. The standard InChI is InChI=1S/C10H9F2N4O4P/c11-6-1-2-8(7(12)3-6)14-10(17)9-4-13-16(15-9)5-21(18,19)20/h1-4H,5H2,(H,14,17)(H2,18,19,20). The largest absolute Gasteiger partial charge is 0.348 e. The highest BCUT2D eigenvalue weighted by atomic mass is 31.2. The second-order valence-corrected chi connectivity index (χ2v) is 5.60. The number of carbonyl (C=O) groups is 1. The number of carbonyl (C=O) groups excluding carboxylic acids is 1. The van der Waals surface area contributed by atoms with Gasteiger partial charge in [0.1, 0.15) is 11.6 Å². The molecule has 0 unspecified atom stereocenters. The van der Waals surface area contributed by atoms with Crippen LogP contribution in [0.3, 0.4) is 0 Å². The minimum atomic E-state index is -4.38. The number of aromatic nitrogens is 3. The molecule has 0 spiro atoms. The van der Waals surface area contributed by atoms with Gasteiger partial charge in [0.2, 0.25) is 0 Å². The molecule has 2 rings (SSSR count). The van der Waals surface area contributed by atoms with Crippen LogP contribution in [0.25, 0.3) is 0 Å². The average Bonchev–Trinajstić information content (AvgIpc) is 2.78. The highest BCUT2D eigenvalue weighted by Crippen LogP contribution is 2.35. The molecule has 1 heterocycles. The van der Waals surface area contributed by atoms with Gasteiger partial charge in [-0.05, 0) is 12.1 Å². The molecule has 1 aromatic heterocycles. The first-order valence-electron chi connectivity index (χ1n) is 5.46. The molecule has 0 aliphatic rings. The van der Waals surface area contributed by atoms with Crippen molar-refractivity contribution in [2.75, 3.05) is 5.32 Å². The van der Waals surface area contributed by atoms with Gasteiger partial charge in [0.05, 0.1) is 11.9 Å². The Hall–Kier alpha value is -2.16. The maximum absolute atomic E-state index is 13.4. The molecule has 0 aliphatic heterocycles. The van der Waals surface area contributed by atoms with E-state index < -0.39 is 31.4 Å². The van der Waals surface area contributed by atoms with Crippen molar-refractivity contribution < 1.29 is 27.9 Å². The summed E-state index contributed by atoms with van der Waals surface area (Å²) in [7, 11) is -4.38. The summed E-state index contributed by atoms with van der Waals surface area (Å²) in [6.07, 6.45) is 0.178. The number of hydrogen-bond donors (Lipinski definition) is 3. The fourth-order valence-corrected chi connectivity index (χ4v) is 1.88. The number of rotatable bonds is 4. The Morgan fingerprint density at radius 1 is 1.38 bits per heavy atom. The van der Waals surface area contributed by atoms with Crippen LogP contribution in [-0.2, 0) is 10.9 Å². The van der Waals surface area contributed by atoms with E-state index in [2.05, 4.69) is 15.5 Å². The lowest BCUT2D eigenvalue weighted by molar-refractivity contribution is 0.102. The summed E-state index contributed by atoms with van der Waals surface area (Å²) in [5, 5.41) is 9.18. The molecule has 21 heavy (non-hydrogen) atoms. The van der Waals surface area contributed by atoms with E-state index in [4.69, 9.17) is 9.79 Å². The third kappa shape index (κ3) is 4.15. The molecule has 0 atom stereocenters. The number of hydrogen-bond acceptors (Lipinski definition) is 4. The Morgan fingerprint density at radius 2 is 2.10 bits per heavy atom. The van der Waals surface area contributed by atoms with Gasteiger partial charge in [0.15, 0.2) is 12.0 Å². The van der Waals surface area contributed by atoms with E-state index in [0.717, 1.165) is 18.3 Å². The van der Waals surface area contributed by atoms with Crippen molar-refractivity contribution >= 4 is 19.2 Å². The van der Waals surface area contributed by atoms with E-state index in [1.807, 2.05) is 0 Å². The van der Waals surface area contributed by atoms with Gasteiger partial charge < -0.3 is 15.1 Å². The van der Waals surface area contributed by atoms with Gasteiger partial charge in [-0.1, -0.05) is 0 Å². The number of anilines is 1. The maximum Gasteiger partial charge on any atom is 0.348 e. The normalized spacial score (nSPS) is 11.4. The van der Waals surface area contributed by atoms with Crippen molar-refractivity contribution in [3.63, 3.8) is 0 Å². The topological polar surface area (TPSA) is 117 Å². The Kier molecular flexibility index (Phi) is 4.12. The summed E-state index contributed by atoms with van der Waals surface area (Å²) in [5.74, 6) is -2.61. The number of benzene rings is 1. The Labute approximate surface area is 116 Å². The lowest BCUT2D eigenvalue weighted by atomic mass is 10.3. The fourth-order valence-electron chi connectivity index (χ4n) is 1.41. The first-order valence-corrected chi connectivity index (χ1v) is 7.25. The van der Waals surface area contributed by atoms with Crippen LogP contribution in [0.15, 0.2) is 24.4 Å². The van der Waals surface area contributed by atoms with Crippen molar-refractivity contribution in [1.29, 1.82) is 0 Å². The summed E-state index contributed by atoms with van der Waals surface area (Å²) in [6, 6.07) is 2.59. The van der Waals surface area contributed by atoms with Crippen LogP contribution >= 0.6 is 7.60 Å². The summed E-state index contributed by atoms with van der Waals surface area (Å²) in [5.41, 5.74) is -0.530. The lowest BCUT2D eigenvalue weighted by Gasteiger charge is -2.04. The fraction of sp³-hybridized carbons (Fsp3) is 0.100. The zero-order chi connectivity index (χ0) is 15.6.